The Morgan fingerprint density at radius 2 is 1.67 bits per heavy atom. The van der Waals surface area contributed by atoms with Crippen LogP contribution in [0.15, 0.2) is 60.9 Å². The molecule has 0 atom stereocenters. The van der Waals surface area contributed by atoms with Gasteiger partial charge in [0.2, 0.25) is 6.20 Å². The summed E-state index contributed by atoms with van der Waals surface area (Å²) in [6.07, 6.45) is 2.31. The minimum absolute atomic E-state index is 0.0341. The number of carbonyl (C=O) groups excluding carboxylic acids is 3. The fourth-order valence-corrected chi connectivity index (χ4v) is 3.65. The van der Waals surface area contributed by atoms with Gasteiger partial charge in [-0.3, -0.25) is 4.79 Å². The summed E-state index contributed by atoms with van der Waals surface area (Å²) in [5, 5.41) is 22.9. The molecule has 12 heteroatoms. The number of rotatable bonds is 5. The lowest BCUT2D eigenvalue weighted by atomic mass is 10.1. The van der Waals surface area contributed by atoms with Crippen LogP contribution in [0.2, 0.25) is 5.02 Å². The van der Waals surface area contributed by atoms with E-state index in [0.717, 1.165) is 11.8 Å². The average molecular weight is 511 g/mol. The number of ether oxygens (including phenoxy) is 1. The summed E-state index contributed by atoms with van der Waals surface area (Å²) in [4.78, 5) is 38.8. The van der Waals surface area contributed by atoms with Crippen LogP contribution in [0.3, 0.4) is 0 Å². The van der Waals surface area contributed by atoms with Crippen molar-refractivity contribution >= 4 is 58.0 Å². The monoisotopic (exact) mass is 510 g/mol. The lowest BCUT2D eigenvalue weighted by molar-refractivity contribution is -0.604. The molecule has 0 unspecified atom stereocenters. The Bertz CT molecular complexity index is 1300. The molecule has 1 saturated heterocycles. The Labute approximate surface area is 211 Å². The van der Waals surface area contributed by atoms with Crippen LogP contribution < -0.4 is 30.9 Å². The first-order valence-corrected chi connectivity index (χ1v) is 11.3. The van der Waals surface area contributed by atoms with Gasteiger partial charge in [0.05, 0.1) is 12.3 Å². The van der Waals surface area contributed by atoms with Gasteiger partial charge in [-0.25, -0.2) is 9.59 Å². The Morgan fingerprint density at radius 1 is 0.972 bits per heavy atom. The van der Waals surface area contributed by atoms with Gasteiger partial charge in [-0.1, -0.05) is 11.6 Å². The maximum atomic E-state index is 12.7. The Hall–Kier alpha value is -4.35. The van der Waals surface area contributed by atoms with Crippen LogP contribution in [-0.2, 0) is 9.53 Å². The van der Waals surface area contributed by atoms with E-state index in [9.17, 15) is 19.6 Å². The smallest absolute Gasteiger partial charge is 0.323 e. The number of aromatic nitrogens is 1. The second-order valence-electron chi connectivity index (χ2n) is 7.89. The molecule has 11 nitrogen and oxygen atoms in total. The van der Waals surface area contributed by atoms with Crippen LogP contribution in [0, 0.1) is 12.1 Å². The van der Waals surface area contributed by atoms with Crippen molar-refractivity contribution in [3.63, 3.8) is 0 Å². The highest BCUT2D eigenvalue weighted by atomic mass is 35.5. The molecule has 4 rings (SSSR count). The second kappa shape index (κ2) is 10.9. The molecule has 0 spiro atoms. The molecule has 1 fully saturated rings. The number of amides is 5. The number of hydrogen-bond acceptors (Lipinski definition) is 5. The molecule has 0 aliphatic carbocycles. The van der Waals surface area contributed by atoms with Gasteiger partial charge in [0.1, 0.15) is 12.3 Å². The van der Waals surface area contributed by atoms with Gasteiger partial charge in [-0.15, -0.1) is 0 Å². The van der Waals surface area contributed by atoms with Crippen LogP contribution in [0.25, 0.3) is 0 Å². The predicted molar refractivity (Wildman–Crippen MR) is 136 cm³/mol. The highest BCUT2D eigenvalue weighted by Gasteiger charge is 2.21. The molecule has 4 N–H and O–H groups in total. The van der Waals surface area contributed by atoms with Gasteiger partial charge in [-0.2, -0.15) is 4.73 Å². The van der Waals surface area contributed by atoms with E-state index < -0.39 is 12.1 Å². The second-order valence-corrected chi connectivity index (χ2v) is 8.33. The Kier molecular flexibility index (Phi) is 7.52. The van der Waals surface area contributed by atoms with E-state index in [1.807, 2.05) is 0 Å². The van der Waals surface area contributed by atoms with E-state index in [0.29, 0.717) is 40.0 Å². The summed E-state index contributed by atoms with van der Waals surface area (Å²) in [7, 11) is 0. The first-order chi connectivity index (χ1) is 17.3. The molecule has 3 aromatic rings. The molecular formula is C24H23ClN6O5. The van der Waals surface area contributed by atoms with Crippen LogP contribution in [0.4, 0.5) is 38.0 Å². The number of pyridine rings is 1. The van der Waals surface area contributed by atoms with E-state index in [1.54, 1.807) is 54.3 Å². The molecule has 0 saturated carbocycles. The molecule has 186 valence electrons. The summed E-state index contributed by atoms with van der Waals surface area (Å²) in [5.74, 6) is -0.130. The topological polar surface area (TPSA) is 139 Å². The van der Waals surface area contributed by atoms with Crippen molar-refractivity contribution in [2.24, 2.45) is 0 Å². The summed E-state index contributed by atoms with van der Waals surface area (Å²) >= 11 is 5.85. The van der Waals surface area contributed by atoms with E-state index in [1.165, 1.54) is 12.3 Å². The highest BCUT2D eigenvalue weighted by molar-refractivity contribution is 6.30. The number of anilines is 5. The molecule has 1 aliphatic heterocycles. The van der Waals surface area contributed by atoms with Crippen molar-refractivity contribution in [1.82, 2.24) is 0 Å². The molecule has 1 aromatic heterocycles. The predicted octanol–water partition coefficient (Wildman–Crippen LogP) is 3.93. The van der Waals surface area contributed by atoms with Crippen molar-refractivity contribution < 1.29 is 23.9 Å². The molecule has 36 heavy (non-hydrogen) atoms. The minimum Gasteiger partial charge on any atom is -0.619 e. The van der Waals surface area contributed by atoms with Crippen LogP contribution in [0.1, 0.15) is 5.56 Å². The maximum absolute atomic E-state index is 12.7. The fraction of sp³-hybridized carbons (Fsp3) is 0.167. The van der Waals surface area contributed by atoms with Gasteiger partial charge < -0.3 is 36.1 Å². The largest absolute Gasteiger partial charge is 0.619 e. The summed E-state index contributed by atoms with van der Waals surface area (Å²) in [6.45, 7) is 2.74. The summed E-state index contributed by atoms with van der Waals surface area (Å²) in [6, 6.07) is 11.9. The standard InChI is InChI=1S/C24H23ClN6O5/c1-15-12-18(31-10-11-36-14-22(31)32)6-7-19(15)27-24(34)29-21-13-30(35)9-8-20(21)28-23(33)26-17-4-2-16(25)3-5-17/h2-9,12-13H,10-11,14H2,1H3,(H2,26,28,33)(H2,27,29,34). The zero-order chi connectivity index (χ0) is 25.7. The van der Waals surface area contributed by atoms with Crippen LogP contribution in [0.5, 0.6) is 0 Å². The number of nitrogens with zero attached hydrogens (tertiary/aromatic N) is 2. The minimum atomic E-state index is -0.624. The number of hydrogen-bond donors (Lipinski definition) is 4. The first-order valence-electron chi connectivity index (χ1n) is 10.9. The lowest BCUT2D eigenvalue weighted by Crippen LogP contribution is -2.41. The molecule has 1 aliphatic rings. The van der Waals surface area contributed by atoms with Crippen molar-refractivity contribution in [2.45, 2.75) is 6.92 Å². The quantitative estimate of drug-likeness (QED) is 0.304. The van der Waals surface area contributed by atoms with Crippen LogP contribution in [-0.4, -0.2) is 37.7 Å². The zero-order valence-electron chi connectivity index (χ0n) is 19.2. The molecular weight excluding hydrogens is 488 g/mol. The summed E-state index contributed by atoms with van der Waals surface area (Å²) < 4.78 is 5.65. The molecule has 0 bridgehead atoms. The highest BCUT2D eigenvalue weighted by Crippen LogP contribution is 2.25. The Balaban J connectivity index is 1.42. The zero-order valence-corrected chi connectivity index (χ0v) is 20.0. The van der Waals surface area contributed by atoms with E-state index >= 15 is 0 Å². The molecule has 2 aromatic carbocycles. The number of halogens is 1. The van der Waals surface area contributed by atoms with Crippen molar-refractivity contribution in [3.05, 3.63) is 76.7 Å². The molecule has 0 radical (unpaired) electrons. The molecule has 5 amide bonds. The fourth-order valence-electron chi connectivity index (χ4n) is 3.53. The normalized spacial score (nSPS) is 13.2. The first kappa shape index (κ1) is 24.8. The number of nitrogens with one attached hydrogen (secondary N) is 4. The average Bonchev–Trinajstić information content (AvgIpc) is 2.84. The maximum Gasteiger partial charge on any atom is 0.323 e. The van der Waals surface area contributed by atoms with E-state index in [-0.39, 0.29) is 23.9 Å². The van der Waals surface area contributed by atoms with Crippen LogP contribution >= 0.6 is 11.6 Å². The number of morpholine rings is 1. The lowest BCUT2D eigenvalue weighted by Gasteiger charge is -2.27. The van der Waals surface area contributed by atoms with Gasteiger partial charge in [0.15, 0.2) is 6.20 Å². The Morgan fingerprint density at radius 3 is 2.39 bits per heavy atom. The van der Waals surface area contributed by atoms with Crippen molar-refractivity contribution in [3.8, 4) is 0 Å². The number of carbonyl (C=O) groups is 3. The van der Waals surface area contributed by atoms with E-state index in [2.05, 4.69) is 21.3 Å². The van der Waals surface area contributed by atoms with E-state index in [4.69, 9.17) is 16.3 Å². The number of urea groups is 2. The molecule has 2 heterocycles. The van der Waals surface area contributed by atoms with Crippen molar-refractivity contribution in [2.75, 3.05) is 45.9 Å². The number of aryl methyl sites for hydroxylation is 1. The van der Waals surface area contributed by atoms with Gasteiger partial charge >= 0.3 is 12.1 Å². The third kappa shape index (κ3) is 6.20. The summed E-state index contributed by atoms with van der Waals surface area (Å²) in [5.41, 5.74) is 2.76. The number of benzene rings is 2. The third-order valence-corrected chi connectivity index (χ3v) is 5.54. The third-order valence-electron chi connectivity index (χ3n) is 5.29. The van der Waals surface area contributed by atoms with Gasteiger partial charge in [0, 0.05) is 34.7 Å². The van der Waals surface area contributed by atoms with Crippen molar-refractivity contribution in [1.29, 1.82) is 0 Å². The SMILES string of the molecule is Cc1cc(N2CCOCC2=O)ccc1NC(=O)Nc1c[n+]([O-])ccc1NC(=O)Nc1ccc(Cl)cc1. The van der Waals surface area contributed by atoms with Gasteiger partial charge in [-0.05, 0) is 55.0 Å². The van der Waals surface area contributed by atoms with Gasteiger partial charge in [0.25, 0.3) is 5.91 Å².